The molecule has 0 aliphatic rings. The zero-order chi connectivity index (χ0) is 14.0. The molecule has 1 N–H and O–H groups in total. The summed E-state index contributed by atoms with van der Waals surface area (Å²) in [7, 11) is 0. The van der Waals surface area contributed by atoms with Crippen LogP contribution >= 0.6 is 27.5 Å². The monoisotopic (exact) mass is 341 g/mol. The quantitative estimate of drug-likeness (QED) is 0.909. The lowest BCUT2D eigenvalue weighted by molar-refractivity contribution is 0.726. The Labute approximate surface area is 127 Å². The maximum atomic E-state index is 6.32. The molecule has 0 atom stereocenters. The summed E-state index contributed by atoms with van der Waals surface area (Å²) in [4.78, 5) is 0. The van der Waals surface area contributed by atoms with Crippen LogP contribution in [-0.2, 0) is 6.54 Å². The van der Waals surface area contributed by atoms with Gasteiger partial charge in [0.25, 0.3) is 0 Å². The van der Waals surface area contributed by atoms with Crippen molar-refractivity contribution in [1.82, 2.24) is 15.1 Å². The van der Waals surface area contributed by atoms with Crippen molar-refractivity contribution < 1.29 is 0 Å². The Bertz CT molecular complexity index is 593. The number of nitrogens with zero attached hydrogens (tertiary/aromatic N) is 2. The molecule has 5 heteroatoms. The number of hydrogen-bond donors (Lipinski definition) is 1. The standard InChI is InChI=1S/C14H17BrClN3/c1-4-17-8-11-5-6-12(7-13(11)16)19-10(3)14(15)9(2)18-19/h5-7,17H,4,8H2,1-3H3. The molecular weight excluding hydrogens is 326 g/mol. The Morgan fingerprint density at radius 1 is 1.37 bits per heavy atom. The van der Waals surface area contributed by atoms with Crippen molar-refractivity contribution in [2.24, 2.45) is 0 Å². The van der Waals surface area contributed by atoms with Crippen molar-refractivity contribution in [2.45, 2.75) is 27.3 Å². The van der Waals surface area contributed by atoms with Crippen molar-refractivity contribution >= 4 is 27.5 Å². The molecule has 0 saturated carbocycles. The summed E-state index contributed by atoms with van der Waals surface area (Å²) >= 11 is 9.86. The number of benzene rings is 1. The fraction of sp³-hybridized carbons (Fsp3) is 0.357. The predicted molar refractivity (Wildman–Crippen MR) is 83.1 cm³/mol. The molecule has 0 aliphatic heterocycles. The minimum absolute atomic E-state index is 0.766. The molecule has 2 aromatic rings. The largest absolute Gasteiger partial charge is 0.313 e. The predicted octanol–water partition coefficient (Wildman–Crippen LogP) is 4.01. The first kappa shape index (κ1) is 14.6. The maximum absolute atomic E-state index is 6.32. The molecule has 102 valence electrons. The molecule has 0 bridgehead atoms. The number of halogens is 2. The molecule has 0 amide bonds. The van der Waals surface area contributed by atoms with E-state index in [1.54, 1.807) is 0 Å². The normalized spacial score (nSPS) is 11.0. The maximum Gasteiger partial charge on any atom is 0.0743 e. The van der Waals surface area contributed by atoms with E-state index in [0.29, 0.717) is 0 Å². The highest BCUT2D eigenvalue weighted by molar-refractivity contribution is 9.10. The van der Waals surface area contributed by atoms with Gasteiger partial charge in [-0.25, -0.2) is 4.68 Å². The molecule has 1 aromatic carbocycles. The van der Waals surface area contributed by atoms with Crippen molar-refractivity contribution in [1.29, 1.82) is 0 Å². The highest BCUT2D eigenvalue weighted by Gasteiger charge is 2.11. The average Bonchev–Trinajstić information content (AvgIpc) is 2.65. The third kappa shape index (κ3) is 3.02. The van der Waals surface area contributed by atoms with Crippen molar-refractivity contribution in [2.75, 3.05) is 6.54 Å². The van der Waals surface area contributed by atoms with Gasteiger partial charge in [0.2, 0.25) is 0 Å². The molecule has 0 unspecified atom stereocenters. The van der Waals surface area contributed by atoms with Gasteiger partial charge >= 0.3 is 0 Å². The average molecular weight is 343 g/mol. The molecule has 0 saturated heterocycles. The first-order valence-electron chi connectivity index (χ1n) is 6.25. The van der Waals surface area contributed by atoms with E-state index >= 15 is 0 Å². The van der Waals surface area contributed by atoms with Crippen LogP contribution in [0.4, 0.5) is 0 Å². The van der Waals surface area contributed by atoms with Crippen LogP contribution in [0.15, 0.2) is 22.7 Å². The summed E-state index contributed by atoms with van der Waals surface area (Å²) in [5, 5.41) is 8.55. The summed E-state index contributed by atoms with van der Waals surface area (Å²) < 4.78 is 2.95. The molecule has 0 radical (unpaired) electrons. The van der Waals surface area contributed by atoms with Crippen LogP contribution in [0.2, 0.25) is 5.02 Å². The first-order valence-corrected chi connectivity index (χ1v) is 7.43. The van der Waals surface area contributed by atoms with Crippen LogP contribution in [0.1, 0.15) is 23.9 Å². The summed E-state index contributed by atoms with van der Waals surface area (Å²) in [6.45, 7) is 7.81. The van der Waals surface area contributed by atoms with Gasteiger partial charge in [-0.05, 0) is 54.0 Å². The van der Waals surface area contributed by atoms with Crippen LogP contribution in [-0.4, -0.2) is 16.3 Å². The van der Waals surface area contributed by atoms with Gasteiger partial charge in [0.1, 0.15) is 0 Å². The third-order valence-electron chi connectivity index (χ3n) is 3.05. The van der Waals surface area contributed by atoms with Crippen molar-refractivity contribution in [3.05, 3.63) is 44.6 Å². The first-order chi connectivity index (χ1) is 9.04. The Kier molecular flexibility index (Phi) is 4.66. The fourth-order valence-corrected chi connectivity index (χ4v) is 2.43. The van der Waals surface area contributed by atoms with Gasteiger partial charge in [-0.3, -0.25) is 0 Å². The van der Waals surface area contributed by atoms with Crippen molar-refractivity contribution in [3.8, 4) is 5.69 Å². The van der Waals surface area contributed by atoms with Crippen LogP contribution in [0.5, 0.6) is 0 Å². The molecule has 1 heterocycles. The Balaban J connectivity index is 2.36. The van der Waals surface area contributed by atoms with Crippen molar-refractivity contribution in [3.63, 3.8) is 0 Å². The van der Waals surface area contributed by atoms with E-state index in [0.717, 1.165) is 45.2 Å². The number of rotatable bonds is 4. The molecule has 3 nitrogen and oxygen atoms in total. The minimum Gasteiger partial charge on any atom is -0.313 e. The second kappa shape index (κ2) is 6.07. The van der Waals surface area contributed by atoms with Gasteiger partial charge in [0, 0.05) is 11.6 Å². The Morgan fingerprint density at radius 3 is 2.63 bits per heavy atom. The SMILES string of the molecule is CCNCc1ccc(-n2nc(C)c(Br)c2C)cc1Cl. The van der Waals surface area contributed by atoms with Gasteiger partial charge in [-0.15, -0.1) is 0 Å². The molecule has 0 fully saturated rings. The van der Waals surface area contributed by atoms with Crippen LogP contribution in [0, 0.1) is 13.8 Å². The van der Waals surface area contributed by atoms with E-state index in [4.69, 9.17) is 11.6 Å². The summed E-state index contributed by atoms with van der Waals surface area (Å²) in [6.07, 6.45) is 0. The Morgan fingerprint density at radius 2 is 2.11 bits per heavy atom. The second-order valence-electron chi connectivity index (χ2n) is 4.45. The minimum atomic E-state index is 0.766. The molecule has 0 spiro atoms. The molecular formula is C14H17BrClN3. The zero-order valence-corrected chi connectivity index (χ0v) is 13.6. The Hall–Kier alpha value is -0.840. The smallest absolute Gasteiger partial charge is 0.0743 e. The molecule has 19 heavy (non-hydrogen) atoms. The van der Waals surface area contributed by atoms with E-state index < -0.39 is 0 Å². The van der Waals surface area contributed by atoms with Crippen LogP contribution in [0.25, 0.3) is 5.69 Å². The van der Waals surface area contributed by atoms with Gasteiger partial charge in [0.05, 0.1) is 21.5 Å². The van der Waals surface area contributed by atoms with E-state index in [1.165, 1.54) is 0 Å². The number of nitrogens with one attached hydrogen (secondary N) is 1. The number of hydrogen-bond acceptors (Lipinski definition) is 2. The van der Waals surface area contributed by atoms with E-state index in [9.17, 15) is 0 Å². The highest BCUT2D eigenvalue weighted by Crippen LogP contribution is 2.25. The van der Waals surface area contributed by atoms with Crippen LogP contribution < -0.4 is 5.32 Å². The lowest BCUT2D eigenvalue weighted by Gasteiger charge is -2.09. The van der Waals surface area contributed by atoms with Gasteiger partial charge in [0.15, 0.2) is 0 Å². The summed E-state index contributed by atoms with van der Waals surface area (Å²) in [6, 6.07) is 6.05. The topological polar surface area (TPSA) is 29.9 Å². The van der Waals surface area contributed by atoms with Gasteiger partial charge in [-0.1, -0.05) is 24.6 Å². The van der Waals surface area contributed by atoms with Gasteiger partial charge < -0.3 is 5.32 Å². The number of aromatic nitrogens is 2. The van der Waals surface area contributed by atoms with Crippen LogP contribution in [0.3, 0.4) is 0 Å². The van der Waals surface area contributed by atoms with E-state index in [2.05, 4.69) is 33.3 Å². The van der Waals surface area contributed by atoms with E-state index in [1.807, 2.05) is 36.7 Å². The highest BCUT2D eigenvalue weighted by atomic mass is 79.9. The zero-order valence-electron chi connectivity index (χ0n) is 11.3. The molecule has 2 rings (SSSR count). The fourth-order valence-electron chi connectivity index (χ4n) is 1.95. The van der Waals surface area contributed by atoms with E-state index in [-0.39, 0.29) is 0 Å². The molecule has 1 aromatic heterocycles. The van der Waals surface area contributed by atoms with Gasteiger partial charge in [-0.2, -0.15) is 5.10 Å². The second-order valence-corrected chi connectivity index (χ2v) is 5.65. The number of aryl methyl sites for hydroxylation is 1. The lowest BCUT2D eigenvalue weighted by atomic mass is 10.2. The summed E-state index contributed by atoms with van der Waals surface area (Å²) in [5.41, 5.74) is 4.14. The lowest BCUT2D eigenvalue weighted by Crippen LogP contribution is -2.12. The third-order valence-corrected chi connectivity index (χ3v) is 4.55. The summed E-state index contributed by atoms with van der Waals surface area (Å²) in [5.74, 6) is 0. The molecule has 0 aliphatic carbocycles.